The lowest BCUT2D eigenvalue weighted by Gasteiger charge is -2.27. The van der Waals surface area contributed by atoms with Crippen molar-refractivity contribution in [2.75, 3.05) is 52.3 Å². The smallest absolute Gasteiger partial charge is 0.223 e. The summed E-state index contributed by atoms with van der Waals surface area (Å²) in [6.07, 6.45) is 4.43. The summed E-state index contributed by atoms with van der Waals surface area (Å²) in [4.78, 5) is 13.7. The van der Waals surface area contributed by atoms with Gasteiger partial charge in [0.15, 0.2) is 0 Å². The van der Waals surface area contributed by atoms with E-state index in [0.29, 0.717) is 32.8 Å². The molecule has 1 unspecified atom stereocenters. The van der Waals surface area contributed by atoms with Gasteiger partial charge < -0.3 is 14.4 Å². The quantitative estimate of drug-likeness (QED) is 0.668. The van der Waals surface area contributed by atoms with E-state index in [4.69, 9.17) is 9.47 Å². The summed E-state index contributed by atoms with van der Waals surface area (Å²) in [5, 5.41) is 0. The van der Waals surface area contributed by atoms with Gasteiger partial charge in [-0.05, 0) is 25.7 Å². The van der Waals surface area contributed by atoms with Crippen LogP contribution < -0.4 is 0 Å². The zero-order valence-electron chi connectivity index (χ0n) is 13.9. The molecule has 0 spiro atoms. The molecule has 2 saturated heterocycles. The van der Waals surface area contributed by atoms with Crippen LogP contribution in [0, 0.1) is 0 Å². The molecule has 0 N–H and O–H groups in total. The molecule has 0 saturated carbocycles. The summed E-state index contributed by atoms with van der Waals surface area (Å²) in [5.74, 6) is -0.256. The molecule has 0 aliphatic carbocycles. The Morgan fingerprint density at radius 3 is 2.61 bits per heavy atom. The number of rotatable bonds is 7. The largest absolute Gasteiger partial charge is 0.379 e. The monoisotopic (exact) mass is 348 g/mol. The molecule has 1 amide bonds. The van der Waals surface area contributed by atoms with E-state index in [1.165, 1.54) is 10.7 Å². The van der Waals surface area contributed by atoms with Gasteiger partial charge in [0.2, 0.25) is 15.9 Å². The van der Waals surface area contributed by atoms with Crippen LogP contribution in [0.25, 0.3) is 0 Å². The van der Waals surface area contributed by atoms with E-state index in [9.17, 15) is 13.2 Å². The first-order chi connectivity index (χ1) is 11.0. The molecule has 0 aromatic carbocycles. The van der Waals surface area contributed by atoms with Gasteiger partial charge in [0, 0.05) is 39.7 Å². The summed E-state index contributed by atoms with van der Waals surface area (Å²) >= 11 is 0. The van der Waals surface area contributed by atoms with Crippen LogP contribution in [0.4, 0.5) is 0 Å². The average Bonchev–Trinajstić information content (AvgIpc) is 2.59. The van der Waals surface area contributed by atoms with Crippen LogP contribution in [0.2, 0.25) is 0 Å². The lowest BCUT2D eigenvalue weighted by Crippen LogP contribution is -2.42. The molecular weight excluding hydrogens is 320 g/mol. The Balaban J connectivity index is 1.70. The number of hydrogen-bond donors (Lipinski definition) is 0. The highest BCUT2D eigenvalue weighted by Crippen LogP contribution is 2.16. The molecular formula is C15H28N2O5S. The van der Waals surface area contributed by atoms with Crippen LogP contribution in [0.5, 0.6) is 0 Å². The lowest BCUT2D eigenvalue weighted by atomic mass is 10.1. The first kappa shape index (κ1) is 18.6. The molecule has 2 aliphatic rings. The third-order valence-corrected chi connectivity index (χ3v) is 6.30. The van der Waals surface area contributed by atoms with Gasteiger partial charge >= 0.3 is 0 Å². The van der Waals surface area contributed by atoms with E-state index in [0.717, 1.165) is 25.9 Å². The summed E-state index contributed by atoms with van der Waals surface area (Å²) in [6, 6.07) is 0. The minimum Gasteiger partial charge on any atom is -0.379 e. The summed E-state index contributed by atoms with van der Waals surface area (Å²) in [5.41, 5.74) is 0. The SMILES string of the molecule is CN(CCC1CCCCO1)C(=O)CCS(=O)(=O)N1CCOCC1. The summed E-state index contributed by atoms with van der Waals surface area (Å²) < 4.78 is 36.6. The van der Waals surface area contributed by atoms with Gasteiger partial charge in [-0.3, -0.25) is 4.79 Å². The first-order valence-electron chi connectivity index (χ1n) is 8.40. The lowest BCUT2D eigenvalue weighted by molar-refractivity contribution is -0.130. The Kier molecular flexibility index (Phi) is 7.26. The Hall–Kier alpha value is -0.700. The maximum absolute atomic E-state index is 12.2. The number of ether oxygens (including phenoxy) is 2. The Bertz CT molecular complexity index is 470. The molecule has 8 heteroatoms. The fourth-order valence-electron chi connectivity index (χ4n) is 2.86. The second-order valence-corrected chi connectivity index (χ2v) is 8.26. The van der Waals surface area contributed by atoms with Crippen LogP contribution in [-0.4, -0.2) is 81.9 Å². The van der Waals surface area contributed by atoms with Crippen molar-refractivity contribution in [2.24, 2.45) is 0 Å². The van der Waals surface area contributed by atoms with Crippen molar-refractivity contribution in [1.29, 1.82) is 0 Å². The number of sulfonamides is 1. The van der Waals surface area contributed by atoms with Crippen molar-refractivity contribution < 1.29 is 22.7 Å². The molecule has 0 radical (unpaired) electrons. The molecule has 0 aromatic heterocycles. The van der Waals surface area contributed by atoms with E-state index >= 15 is 0 Å². The molecule has 2 heterocycles. The third-order valence-electron chi connectivity index (χ3n) is 4.42. The fraction of sp³-hybridized carbons (Fsp3) is 0.933. The highest BCUT2D eigenvalue weighted by Gasteiger charge is 2.25. The van der Waals surface area contributed by atoms with Gasteiger partial charge in [-0.25, -0.2) is 8.42 Å². The molecule has 2 rings (SSSR count). The molecule has 2 aliphatic heterocycles. The maximum atomic E-state index is 12.2. The molecule has 1 atom stereocenters. The Labute approximate surface area is 139 Å². The van der Waals surface area contributed by atoms with E-state index in [1.54, 1.807) is 11.9 Å². The number of morpholine rings is 1. The summed E-state index contributed by atoms with van der Waals surface area (Å²) in [7, 11) is -1.64. The van der Waals surface area contributed by atoms with E-state index in [2.05, 4.69) is 0 Å². The van der Waals surface area contributed by atoms with Gasteiger partial charge in [-0.1, -0.05) is 0 Å². The minimum absolute atomic E-state index is 0.0295. The van der Waals surface area contributed by atoms with Crippen LogP contribution >= 0.6 is 0 Å². The third kappa shape index (κ3) is 6.02. The maximum Gasteiger partial charge on any atom is 0.223 e. The van der Waals surface area contributed by atoms with E-state index in [1.807, 2.05) is 0 Å². The molecule has 0 aromatic rings. The molecule has 0 bridgehead atoms. The molecule has 23 heavy (non-hydrogen) atoms. The average molecular weight is 348 g/mol. The first-order valence-corrected chi connectivity index (χ1v) is 10.0. The topological polar surface area (TPSA) is 76.2 Å². The Morgan fingerprint density at radius 1 is 1.22 bits per heavy atom. The number of nitrogens with zero attached hydrogens (tertiary/aromatic N) is 2. The van der Waals surface area contributed by atoms with Crippen molar-refractivity contribution in [2.45, 2.75) is 38.2 Å². The fourth-order valence-corrected chi connectivity index (χ4v) is 4.25. The van der Waals surface area contributed by atoms with Gasteiger partial charge in [-0.15, -0.1) is 0 Å². The minimum atomic E-state index is -3.37. The summed E-state index contributed by atoms with van der Waals surface area (Å²) in [6.45, 7) is 3.03. The second kappa shape index (κ2) is 8.96. The van der Waals surface area contributed by atoms with Gasteiger partial charge in [0.25, 0.3) is 0 Å². The molecule has 134 valence electrons. The highest BCUT2D eigenvalue weighted by atomic mass is 32.2. The van der Waals surface area contributed by atoms with Crippen LogP contribution in [-0.2, 0) is 24.3 Å². The number of carbonyl (C=O) groups excluding carboxylic acids is 1. The normalized spacial score (nSPS) is 23.6. The van der Waals surface area contributed by atoms with Crippen molar-refractivity contribution in [1.82, 2.24) is 9.21 Å². The van der Waals surface area contributed by atoms with Crippen molar-refractivity contribution in [3.05, 3.63) is 0 Å². The van der Waals surface area contributed by atoms with Gasteiger partial charge in [-0.2, -0.15) is 4.31 Å². The molecule has 7 nitrogen and oxygen atoms in total. The van der Waals surface area contributed by atoms with Crippen molar-refractivity contribution >= 4 is 15.9 Å². The standard InChI is InChI=1S/C15H28N2O5S/c1-16(7-5-14-4-2-3-10-22-14)15(18)6-13-23(19,20)17-8-11-21-12-9-17/h14H,2-13H2,1H3. The second-order valence-electron chi connectivity index (χ2n) is 6.17. The predicted octanol–water partition coefficient (Wildman–Crippen LogP) is 0.456. The van der Waals surface area contributed by atoms with Crippen molar-refractivity contribution in [3.8, 4) is 0 Å². The van der Waals surface area contributed by atoms with Crippen LogP contribution in [0.15, 0.2) is 0 Å². The van der Waals surface area contributed by atoms with Crippen molar-refractivity contribution in [3.63, 3.8) is 0 Å². The molecule has 2 fully saturated rings. The number of carbonyl (C=O) groups is 1. The predicted molar refractivity (Wildman–Crippen MR) is 86.6 cm³/mol. The highest BCUT2D eigenvalue weighted by molar-refractivity contribution is 7.89. The van der Waals surface area contributed by atoms with E-state index in [-0.39, 0.29) is 24.2 Å². The van der Waals surface area contributed by atoms with Crippen LogP contribution in [0.3, 0.4) is 0 Å². The van der Waals surface area contributed by atoms with Gasteiger partial charge in [0.1, 0.15) is 0 Å². The Morgan fingerprint density at radius 2 is 1.96 bits per heavy atom. The number of hydrogen-bond acceptors (Lipinski definition) is 5. The zero-order chi connectivity index (χ0) is 16.7. The van der Waals surface area contributed by atoms with Crippen LogP contribution in [0.1, 0.15) is 32.1 Å². The van der Waals surface area contributed by atoms with Gasteiger partial charge in [0.05, 0.1) is 25.1 Å². The zero-order valence-corrected chi connectivity index (χ0v) is 14.7. The van der Waals surface area contributed by atoms with E-state index < -0.39 is 10.0 Å². The number of amides is 1.